The van der Waals surface area contributed by atoms with Gasteiger partial charge in [0.15, 0.2) is 11.5 Å². The highest BCUT2D eigenvalue weighted by atomic mass is 16.6. The van der Waals surface area contributed by atoms with Gasteiger partial charge in [0.2, 0.25) is 0 Å². The van der Waals surface area contributed by atoms with Gasteiger partial charge in [-0.3, -0.25) is 4.98 Å². The largest absolute Gasteiger partial charge is 0.497 e. The lowest BCUT2D eigenvalue weighted by Crippen LogP contribution is -2.44. The molecule has 2 aliphatic heterocycles. The van der Waals surface area contributed by atoms with Crippen molar-refractivity contribution >= 4 is 16.7 Å². The molecule has 220 valence electrons. The Morgan fingerprint density at radius 3 is 2.61 bits per heavy atom. The third-order valence-corrected chi connectivity index (χ3v) is 7.34. The number of pyridine rings is 1. The first-order chi connectivity index (χ1) is 19.8. The molecule has 9 nitrogen and oxygen atoms in total. The van der Waals surface area contributed by atoms with E-state index in [2.05, 4.69) is 22.3 Å². The lowest BCUT2D eigenvalue weighted by molar-refractivity contribution is -0.162. The van der Waals surface area contributed by atoms with Crippen LogP contribution in [0.3, 0.4) is 0 Å². The maximum Gasteiger partial charge on any atom is 0.332 e. The van der Waals surface area contributed by atoms with Crippen molar-refractivity contribution in [2.75, 3.05) is 46.6 Å². The zero-order valence-corrected chi connectivity index (χ0v) is 24.5. The van der Waals surface area contributed by atoms with Gasteiger partial charge in [-0.2, -0.15) is 0 Å². The number of carbonyl (C=O) groups excluding carboxylic acids is 1. The molecule has 0 radical (unpaired) electrons. The topological polar surface area (TPSA) is 91.4 Å². The van der Waals surface area contributed by atoms with Gasteiger partial charge in [0.25, 0.3) is 0 Å². The lowest BCUT2D eigenvalue weighted by Gasteiger charge is -2.34. The Kier molecular flexibility index (Phi) is 9.27. The molecule has 1 saturated heterocycles. The van der Waals surface area contributed by atoms with Crippen molar-refractivity contribution in [2.24, 2.45) is 0 Å². The summed E-state index contributed by atoms with van der Waals surface area (Å²) in [5, 5.41) is 5.71. The minimum absolute atomic E-state index is 0.141. The van der Waals surface area contributed by atoms with Gasteiger partial charge < -0.3 is 33.9 Å². The molecule has 0 spiro atoms. The smallest absolute Gasteiger partial charge is 0.332 e. The summed E-state index contributed by atoms with van der Waals surface area (Å²) in [6, 6.07) is 14.5. The van der Waals surface area contributed by atoms with Gasteiger partial charge in [0.1, 0.15) is 37.3 Å². The number of likely N-dealkylation sites (tertiary alicyclic amines) is 1. The molecule has 3 aromatic rings. The van der Waals surface area contributed by atoms with Crippen LogP contribution in [-0.2, 0) is 20.8 Å². The number of hydrogen-bond donors (Lipinski definition) is 1. The van der Waals surface area contributed by atoms with Gasteiger partial charge in [-0.1, -0.05) is 12.1 Å². The summed E-state index contributed by atoms with van der Waals surface area (Å²) >= 11 is 0. The number of ether oxygens (including phenoxy) is 5. The van der Waals surface area contributed by atoms with Gasteiger partial charge in [-0.15, -0.1) is 0 Å². The first-order valence-corrected chi connectivity index (χ1v) is 14.4. The molecule has 1 fully saturated rings. The molecule has 5 rings (SSSR count). The molecule has 0 bridgehead atoms. The number of benzene rings is 2. The van der Waals surface area contributed by atoms with E-state index in [1.165, 1.54) is 5.56 Å². The van der Waals surface area contributed by atoms with Crippen LogP contribution in [0.4, 0.5) is 0 Å². The molecule has 2 aromatic carbocycles. The van der Waals surface area contributed by atoms with Crippen molar-refractivity contribution in [1.82, 2.24) is 15.2 Å². The number of carbonyl (C=O) groups is 1. The van der Waals surface area contributed by atoms with Gasteiger partial charge in [0.05, 0.1) is 12.8 Å². The first-order valence-electron chi connectivity index (χ1n) is 14.4. The fourth-order valence-corrected chi connectivity index (χ4v) is 5.33. The van der Waals surface area contributed by atoms with Crippen LogP contribution >= 0.6 is 0 Å². The number of fused-ring (bicyclic) bond motifs is 2. The Bertz CT molecular complexity index is 1330. The molecule has 1 N–H and O–H groups in total. The van der Waals surface area contributed by atoms with E-state index in [4.69, 9.17) is 28.7 Å². The Labute approximate surface area is 242 Å². The van der Waals surface area contributed by atoms with E-state index in [1.54, 1.807) is 13.3 Å². The van der Waals surface area contributed by atoms with E-state index in [-0.39, 0.29) is 12.6 Å². The predicted molar refractivity (Wildman–Crippen MR) is 157 cm³/mol. The van der Waals surface area contributed by atoms with Crippen LogP contribution in [0.5, 0.6) is 17.2 Å². The number of aromatic nitrogens is 1. The quantitative estimate of drug-likeness (QED) is 0.354. The molecule has 0 aliphatic carbocycles. The highest BCUT2D eigenvalue weighted by molar-refractivity contribution is 5.86. The number of rotatable bonds is 10. The fraction of sp³-hybridized carbons (Fsp3) is 0.500. The van der Waals surface area contributed by atoms with E-state index >= 15 is 0 Å². The predicted octanol–water partition coefficient (Wildman–Crippen LogP) is 4.67. The molecule has 9 heteroatoms. The van der Waals surface area contributed by atoms with Crippen molar-refractivity contribution < 1.29 is 28.5 Å². The number of nitrogens with one attached hydrogen (secondary N) is 1. The van der Waals surface area contributed by atoms with E-state index in [0.717, 1.165) is 66.2 Å². The molecule has 0 amide bonds. The van der Waals surface area contributed by atoms with Crippen LogP contribution < -0.4 is 19.5 Å². The maximum atomic E-state index is 12.5. The molecule has 0 saturated carbocycles. The lowest BCUT2D eigenvalue weighted by atomic mass is 10.0. The minimum Gasteiger partial charge on any atom is -0.497 e. The standard InChI is InChI=1S/C32H41N3O6/c1-32(2,3)41-30(36)21-40-29(31-26-18-25(37-4)7-6-23(26)9-12-33-31)20-35-13-10-24(11-14-35)34-19-22-5-8-27-28(17-22)39-16-15-38-27/h5-9,12,17-18,24,29,34H,10-11,13-16,19-21H2,1-4H3. The van der Waals surface area contributed by atoms with E-state index in [0.29, 0.717) is 25.8 Å². The Morgan fingerprint density at radius 2 is 1.85 bits per heavy atom. The van der Waals surface area contributed by atoms with Crippen LogP contribution in [0.15, 0.2) is 48.7 Å². The number of methoxy groups -OCH3 is 1. The van der Waals surface area contributed by atoms with Gasteiger partial charge in [-0.05, 0) is 88.0 Å². The van der Waals surface area contributed by atoms with Crippen molar-refractivity contribution in [3.63, 3.8) is 0 Å². The van der Waals surface area contributed by atoms with Crippen LogP contribution in [0, 0.1) is 0 Å². The van der Waals surface area contributed by atoms with Crippen molar-refractivity contribution in [1.29, 1.82) is 0 Å². The third kappa shape index (κ3) is 7.87. The molecule has 1 atom stereocenters. The molecule has 3 heterocycles. The van der Waals surface area contributed by atoms with Gasteiger partial charge in [-0.25, -0.2) is 4.79 Å². The van der Waals surface area contributed by atoms with Crippen LogP contribution in [0.2, 0.25) is 0 Å². The number of piperidine rings is 1. The second-order valence-corrected chi connectivity index (χ2v) is 11.6. The Morgan fingerprint density at radius 1 is 1.07 bits per heavy atom. The van der Waals surface area contributed by atoms with E-state index in [1.807, 2.05) is 51.1 Å². The van der Waals surface area contributed by atoms with Crippen molar-refractivity contribution in [2.45, 2.75) is 57.9 Å². The molecule has 41 heavy (non-hydrogen) atoms. The molecular weight excluding hydrogens is 522 g/mol. The summed E-state index contributed by atoms with van der Waals surface area (Å²) in [7, 11) is 1.65. The van der Waals surface area contributed by atoms with Crippen LogP contribution in [0.1, 0.15) is 51.0 Å². The zero-order valence-electron chi connectivity index (χ0n) is 24.5. The second kappa shape index (κ2) is 13.1. The number of esters is 1. The third-order valence-electron chi connectivity index (χ3n) is 7.34. The molecule has 1 unspecified atom stereocenters. The Balaban J connectivity index is 1.22. The summed E-state index contributed by atoms with van der Waals surface area (Å²) in [6.07, 6.45) is 3.42. The second-order valence-electron chi connectivity index (χ2n) is 11.6. The summed E-state index contributed by atoms with van der Waals surface area (Å²) in [5.74, 6) is 2.00. The monoisotopic (exact) mass is 563 g/mol. The van der Waals surface area contributed by atoms with Crippen LogP contribution in [-0.4, -0.2) is 74.1 Å². The molecular formula is C32H41N3O6. The number of nitrogens with zero attached hydrogens (tertiary/aromatic N) is 2. The molecule has 1 aromatic heterocycles. The zero-order chi connectivity index (χ0) is 28.8. The van der Waals surface area contributed by atoms with Gasteiger partial charge in [0, 0.05) is 30.7 Å². The molecule has 2 aliphatic rings. The van der Waals surface area contributed by atoms with Crippen molar-refractivity contribution in [3.05, 3.63) is 59.9 Å². The van der Waals surface area contributed by atoms with E-state index in [9.17, 15) is 4.79 Å². The number of hydrogen-bond acceptors (Lipinski definition) is 9. The highest BCUT2D eigenvalue weighted by Gasteiger charge is 2.26. The average molecular weight is 564 g/mol. The summed E-state index contributed by atoms with van der Waals surface area (Å²) < 4.78 is 28.6. The van der Waals surface area contributed by atoms with Crippen LogP contribution in [0.25, 0.3) is 10.8 Å². The minimum atomic E-state index is -0.574. The fourth-order valence-electron chi connectivity index (χ4n) is 5.33. The van der Waals surface area contributed by atoms with Gasteiger partial charge >= 0.3 is 5.97 Å². The summed E-state index contributed by atoms with van der Waals surface area (Å²) in [6.45, 7) is 9.85. The maximum absolute atomic E-state index is 12.5. The Hall–Kier alpha value is -3.40. The first kappa shape index (κ1) is 29.1. The average Bonchev–Trinajstić information content (AvgIpc) is 2.97. The summed E-state index contributed by atoms with van der Waals surface area (Å²) in [5.41, 5.74) is 1.41. The highest BCUT2D eigenvalue weighted by Crippen LogP contribution is 2.32. The normalized spacial score (nSPS) is 16.9. The van der Waals surface area contributed by atoms with Crippen molar-refractivity contribution in [3.8, 4) is 17.2 Å². The SMILES string of the molecule is COc1ccc2ccnc(C(CN3CCC(NCc4ccc5c(c4)OCCO5)CC3)OCC(=O)OC(C)(C)C)c2c1. The van der Waals surface area contributed by atoms with E-state index < -0.39 is 11.7 Å². The summed E-state index contributed by atoms with van der Waals surface area (Å²) in [4.78, 5) is 19.6.